The molecule has 5 nitrogen and oxygen atoms in total. The van der Waals surface area contributed by atoms with Crippen molar-refractivity contribution in [2.45, 2.75) is 56.9 Å². The Hall–Kier alpha value is -2.63. The minimum Gasteiger partial charge on any atom is -0.477 e. The van der Waals surface area contributed by atoms with Crippen LogP contribution >= 0.6 is 0 Å². The largest absolute Gasteiger partial charge is 0.477 e. The van der Waals surface area contributed by atoms with E-state index in [9.17, 15) is 14.7 Å². The second kappa shape index (κ2) is 7.18. The fraction of sp³-hybridized carbons (Fsp3) is 0.429. The van der Waals surface area contributed by atoms with Crippen molar-refractivity contribution in [3.8, 4) is 0 Å². The van der Waals surface area contributed by atoms with Gasteiger partial charge in [-0.2, -0.15) is 0 Å². The molecule has 2 aliphatic rings. The van der Waals surface area contributed by atoms with E-state index < -0.39 is 17.2 Å². The van der Waals surface area contributed by atoms with Crippen LogP contribution < -0.4 is 10.7 Å². The summed E-state index contributed by atoms with van der Waals surface area (Å²) >= 11 is 0. The molecular formula is C21H23FN2O3. The summed E-state index contributed by atoms with van der Waals surface area (Å²) in [6.45, 7) is 0. The third-order valence-corrected chi connectivity index (χ3v) is 5.77. The number of aromatic nitrogens is 1. The van der Waals surface area contributed by atoms with Crippen molar-refractivity contribution in [3.63, 3.8) is 0 Å². The van der Waals surface area contributed by atoms with Crippen molar-refractivity contribution in [1.29, 1.82) is 0 Å². The van der Waals surface area contributed by atoms with Gasteiger partial charge in [-0.1, -0.05) is 31.4 Å². The first-order valence-electron chi connectivity index (χ1n) is 9.59. The molecule has 0 saturated heterocycles. The summed E-state index contributed by atoms with van der Waals surface area (Å²) < 4.78 is 15.1. The average molecular weight is 370 g/mol. The molecule has 27 heavy (non-hydrogen) atoms. The fourth-order valence-corrected chi connectivity index (χ4v) is 4.38. The number of carboxylic acids is 1. The topological polar surface area (TPSA) is 82.2 Å². The molecule has 6 heteroatoms. The monoisotopic (exact) mass is 370 g/mol. The number of carbonyl (C=O) groups is 1. The first-order valence-corrected chi connectivity index (χ1v) is 9.59. The lowest BCUT2D eigenvalue weighted by Crippen LogP contribution is -2.25. The number of rotatable bonds is 4. The van der Waals surface area contributed by atoms with Crippen molar-refractivity contribution in [2.75, 3.05) is 5.32 Å². The lowest BCUT2D eigenvalue weighted by Gasteiger charge is -2.27. The number of H-pyrrole nitrogens is 1. The SMILES string of the molecule is O=C(O)c1c[nH]c2c(C3CC=CC3)c(NC3CCCCC3)c(F)cc2c1=O. The number of benzene rings is 1. The van der Waals surface area contributed by atoms with Crippen LogP contribution in [0.3, 0.4) is 0 Å². The first-order chi connectivity index (χ1) is 13.1. The molecular weight excluding hydrogens is 347 g/mol. The van der Waals surface area contributed by atoms with E-state index in [0.717, 1.165) is 44.1 Å². The molecule has 0 atom stereocenters. The minimum absolute atomic E-state index is 0.0700. The van der Waals surface area contributed by atoms with Crippen molar-refractivity contribution in [3.05, 3.63) is 51.6 Å². The standard InChI is InChI=1S/C21H23FN2O3/c22-16-10-14-18(23-11-15(20(14)25)21(26)27)17(12-6-4-5-7-12)19(16)24-13-8-2-1-3-9-13/h4-5,10-13,24H,1-3,6-9H2,(H,23,25)(H,26,27). The van der Waals surface area contributed by atoms with Crippen LogP contribution in [0.25, 0.3) is 10.9 Å². The van der Waals surface area contributed by atoms with E-state index in [2.05, 4.69) is 22.5 Å². The summed E-state index contributed by atoms with van der Waals surface area (Å²) in [5, 5.41) is 12.7. The highest BCUT2D eigenvalue weighted by Crippen LogP contribution is 2.40. The molecule has 1 aromatic heterocycles. The molecule has 2 aromatic rings. The summed E-state index contributed by atoms with van der Waals surface area (Å²) in [7, 11) is 0. The van der Waals surface area contributed by atoms with E-state index in [1.165, 1.54) is 18.7 Å². The molecule has 142 valence electrons. The van der Waals surface area contributed by atoms with Gasteiger partial charge in [-0.15, -0.1) is 0 Å². The highest BCUT2D eigenvalue weighted by Gasteiger charge is 2.26. The van der Waals surface area contributed by atoms with Gasteiger partial charge in [0.05, 0.1) is 11.2 Å². The molecule has 1 fully saturated rings. The zero-order chi connectivity index (χ0) is 19.0. The highest BCUT2D eigenvalue weighted by atomic mass is 19.1. The summed E-state index contributed by atoms with van der Waals surface area (Å²) in [6.07, 6.45) is 12.4. The Kier molecular flexibility index (Phi) is 4.72. The number of carboxylic acid groups (broad SMARTS) is 1. The molecule has 0 bridgehead atoms. The van der Waals surface area contributed by atoms with Gasteiger partial charge >= 0.3 is 5.97 Å². The van der Waals surface area contributed by atoms with Crippen LogP contribution in [-0.2, 0) is 0 Å². The molecule has 0 spiro atoms. The van der Waals surface area contributed by atoms with Crippen LogP contribution in [-0.4, -0.2) is 22.1 Å². The Morgan fingerprint density at radius 3 is 2.56 bits per heavy atom. The third-order valence-electron chi connectivity index (χ3n) is 5.77. The number of halogens is 1. The minimum atomic E-state index is -1.31. The van der Waals surface area contributed by atoms with Gasteiger partial charge in [0.2, 0.25) is 5.43 Å². The van der Waals surface area contributed by atoms with Gasteiger partial charge < -0.3 is 15.4 Å². The molecule has 0 aliphatic heterocycles. The van der Waals surface area contributed by atoms with Crippen LogP contribution in [0.1, 0.15) is 66.8 Å². The van der Waals surface area contributed by atoms with Crippen LogP contribution in [0.15, 0.2) is 29.2 Å². The molecule has 1 saturated carbocycles. The van der Waals surface area contributed by atoms with E-state index >= 15 is 4.39 Å². The van der Waals surface area contributed by atoms with Crippen molar-refractivity contribution in [2.24, 2.45) is 0 Å². The van der Waals surface area contributed by atoms with Gasteiger partial charge in [-0.05, 0) is 37.7 Å². The number of pyridine rings is 1. The second-order valence-electron chi connectivity index (χ2n) is 7.53. The van der Waals surface area contributed by atoms with Gasteiger partial charge in [-0.3, -0.25) is 4.79 Å². The maximum Gasteiger partial charge on any atom is 0.341 e. The molecule has 3 N–H and O–H groups in total. The predicted octanol–water partition coefficient (Wildman–Crippen LogP) is 4.54. The van der Waals surface area contributed by atoms with E-state index in [-0.39, 0.29) is 22.9 Å². The van der Waals surface area contributed by atoms with Crippen molar-refractivity contribution in [1.82, 2.24) is 4.98 Å². The quantitative estimate of drug-likeness (QED) is 0.690. The number of allylic oxidation sites excluding steroid dienone is 2. The fourth-order valence-electron chi connectivity index (χ4n) is 4.38. The Labute approximate surface area is 156 Å². The molecule has 1 heterocycles. The van der Waals surface area contributed by atoms with Crippen molar-refractivity contribution < 1.29 is 14.3 Å². The van der Waals surface area contributed by atoms with E-state index in [4.69, 9.17) is 0 Å². The van der Waals surface area contributed by atoms with Gasteiger partial charge in [0.25, 0.3) is 0 Å². The average Bonchev–Trinajstić information content (AvgIpc) is 3.18. The molecule has 4 rings (SSSR count). The predicted molar refractivity (Wildman–Crippen MR) is 103 cm³/mol. The number of fused-ring (bicyclic) bond motifs is 1. The Bertz CT molecular complexity index is 966. The number of anilines is 1. The maximum atomic E-state index is 15.1. The van der Waals surface area contributed by atoms with Crippen LogP contribution in [0.5, 0.6) is 0 Å². The first kappa shape index (κ1) is 17.8. The smallest absolute Gasteiger partial charge is 0.341 e. The zero-order valence-electron chi connectivity index (χ0n) is 15.1. The van der Waals surface area contributed by atoms with Gasteiger partial charge in [0, 0.05) is 23.2 Å². The third kappa shape index (κ3) is 3.24. The second-order valence-corrected chi connectivity index (χ2v) is 7.53. The number of hydrogen-bond donors (Lipinski definition) is 3. The summed E-state index contributed by atoms with van der Waals surface area (Å²) in [4.78, 5) is 26.8. The van der Waals surface area contributed by atoms with E-state index in [1.807, 2.05) is 0 Å². The van der Waals surface area contributed by atoms with Crippen molar-refractivity contribution >= 4 is 22.6 Å². The Morgan fingerprint density at radius 1 is 1.19 bits per heavy atom. The van der Waals surface area contributed by atoms with Crippen LogP contribution in [0, 0.1) is 5.82 Å². The normalized spacial score (nSPS) is 18.3. The zero-order valence-corrected chi connectivity index (χ0v) is 15.1. The molecule has 0 amide bonds. The van der Waals surface area contributed by atoms with Crippen LogP contribution in [0.4, 0.5) is 10.1 Å². The van der Waals surface area contributed by atoms with E-state index in [0.29, 0.717) is 11.2 Å². The Morgan fingerprint density at radius 2 is 1.89 bits per heavy atom. The van der Waals surface area contributed by atoms with Gasteiger partial charge in [0.15, 0.2) is 0 Å². The summed E-state index contributed by atoms with van der Waals surface area (Å²) in [5.74, 6) is -1.73. The summed E-state index contributed by atoms with van der Waals surface area (Å²) in [5.41, 5.74) is 0.742. The summed E-state index contributed by atoms with van der Waals surface area (Å²) in [6, 6.07) is 1.40. The van der Waals surface area contributed by atoms with Crippen LogP contribution in [0.2, 0.25) is 0 Å². The molecule has 0 radical (unpaired) electrons. The highest BCUT2D eigenvalue weighted by molar-refractivity contribution is 5.95. The number of nitrogens with one attached hydrogen (secondary N) is 2. The van der Waals surface area contributed by atoms with Gasteiger partial charge in [-0.25, -0.2) is 9.18 Å². The van der Waals surface area contributed by atoms with Gasteiger partial charge in [0.1, 0.15) is 11.4 Å². The molecule has 2 aliphatic carbocycles. The number of hydrogen-bond acceptors (Lipinski definition) is 3. The molecule has 0 unspecified atom stereocenters. The van der Waals surface area contributed by atoms with E-state index in [1.54, 1.807) is 0 Å². The number of aromatic amines is 1. The maximum absolute atomic E-state index is 15.1. The lowest BCUT2D eigenvalue weighted by molar-refractivity contribution is 0.0695. The number of aromatic carboxylic acids is 1. The Balaban J connectivity index is 1.89. The molecule has 1 aromatic carbocycles. The lowest BCUT2D eigenvalue weighted by atomic mass is 9.90.